The van der Waals surface area contributed by atoms with Crippen LogP contribution < -0.4 is 0 Å². The molecule has 1 aromatic rings. The van der Waals surface area contributed by atoms with Gasteiger partial charge in [0.1, 0.15) is 4.87 Å². The zero-order valence-corrected chi connectivity index (χ0v) is 13.7. The molecule has 0 aliphatic carbocycles. The predicted octanol–water partition coefficient (Wildman–Crippen LogP) is 4.05. The summed E-state index contributed by atoms with van der Waals surface area (Å²) < 4.78 is 0. The second-order valence-electron chi connectivity index (χ2n) is 6.00. The Balaban J connectivity index is 2.24. The number of benzene rings is 1. The fraction of sp³-hybridized carbons (Fsp3) is 0.562. The van der Waals surface area contributed by atoms with Crippen LogP contribution in [0.1, 0.15) is 32.8 Å². The van der Waals surface area contributed by atoms with E-state index in [1.165, 1.54) is 0 Å². The minimum atomic E-state index is -0.875. The van der Waals surface area contributed by atoms with E-state index >= 15 is 0 Å². The van der Waals surface area contributed by atoms with Gasteiger partial charge in [-0.3, -0.25) is 4.79 Å². The highest BCUT2D eigenvalue weighted by atomic mass is 35.5. The number of carbonyl (C=O) groups excluding carboxylic acids is 1. The summed E-state index contributed by atoms with van der Waals surface area (Å²) >= 11 is 13.1. The zero-order valence-electron chi connectivity index (χ0n) is 12.2. The molecule has 0 bridgehead atoms. The van der Waals surface area contributed by atoms with Crippen molar-refractivity contribution in [3.8, 4) is 0 Å². The molecule has 2 rings (SSSR count). The largest absolute Gasteiger partial charge is 0.336 e. The lowest BCUT2D eigenvalue weighted by Gasteiger charge is -2.32. The molecule has 0 saturated carbocycles. The van der Waals surface area contributed by atoms with Crippen LogP contribution in [0.4, 0.5) is 0 Å². The third-order valence-electron chi connectivity index (χ3n) is 4.16. The highest BCUT2D eigenvalue weighted by Crippen LogP contribution is 2.46. The van der Waals surface area contributed by atoms with Gasteiger partial charge in [0.2, 0.25) is 5.91 Å². The lowest BCUT2D eigenvalue weighted by Crippen LogP contribution is -2.43. The first-order chi connectivity index (χ1) is 9.29. The van der Waals surface area contributed by atoms with E-state index in [0.717, 1.165) is 5.56 Å². The van der Waals surface area contributed by atoms with E-state index in [0.29, 0.717) is 19.5 Å². The van der Waals surface area contributed by atoms with E-state index in [1.807, 2.05) is 56.0 Å². The number of carbonyl (C=O) groups is 1. The maximum absolute atomic E-state index is 12.7. The lowest BCUT2D eigenvalue weighted by molar-refractivity contribution is -0.130. The first kappa shape index (κ1) is 15.7. The van der Waals surface area contributed by atoms with Crippen molar-refractivity contribution >= 4 is 29.1 Å². The van der Waals surface area contributed by atoms with E-state index in [2.05, 4.69) is 0 Å². The van der Waals surface area contributed by atoms with Crippen molar-refractivity contribution in [3.05, 3.63) is 35.9 Å². The minimum Gasteiger partial charge on any atom is -0.336 e. The SMILES string of the molecule is CC[C@]1(Cl)C(=O)N(Cc2ccccc2)C[C@H]1C(C)(C)Cl. The number of amides is 1. The van der Waals surface area contributed by atoms with Crippen LogP contribution in [0.15, 0.2) is 30.3 Å². The molecule has 0 N–H and O–H groups in total. The standard InChI is InChI=1S/C16H21Cl2NO/c1-4-16(18)13(15(2,3)17)11-19(14(16)20)10-12-8-6-5-7-9-12/h5-9,13H,4,10-11H2,1-3H3/t13-,16+/m0/s1. The summed E-state index contributed by atoms with van der Waals surface area (Å²) in [5.74, 6) is -0.0520. The second kappa shape index (κ2) is 5.57. The minimum absolute atomic E-state index is 0.00393. The Bertz CT molecular complexity index is 483. The molecule has 1 saturated heterocycles. The average molecular weight is 314 g/mol. The Kier molecular flexibility index (Phi) is 4.36. The van der Waals surface area contributed by atoms with Crippen molar-refractivity contribution in [2.75, 3.05) is 6.54 Å². The topological polar surface area (TPSA) is 20.3 Å². The van der Waals surface area contributed by atoms with E-state index in [9.17, 15) is 4.79 Å². The number of likely N-dealkylation sites (tertiary alicyclic amines) is 1. The normalized spacial score (nSPS) is 27.1. The van der Waals surface area contributed by atoms with E-state index in [1.54, 1.807) is 0 Å². The smallest absolute Gasteiger partial charge is 0.244 e. The Morgan fingerprint density at radius 2 is 1.95 bits per heavy atom. The summed E-state index contributed by atoms with van der Waals surface area (Å²) in [5.41, 5.74) is 1.11. The monoisotopic (exact) mass is 313 g/mol. The van der Waals surface area contributed by atoms with Crippen molar-refractivity contribution in [2.24, 2.45) is 5.92 Å². The molecular weight excluding hydrogens is 293 g/mol. The molecule has 1 aliphatic rings. The maximum atomic E-state index is 12.7. The highest BCUT2D eigenvalue weighted by Gasteiger charge is 2.56. The van der Waals surface area contributed by atoms with Gasteiger partial charge in [-0.15, -0.1) is 23.2 Å². The molecule has 0 unspecified atom stereocenters. The van der Waals surface area contributed by atoms with Gasteiger partial charge in [-0.05, 0) is 25.8 Å². The van der Waals surface area contributed by atoms with Crippen LogP contribution in [-0.2, 0) is 11.3 Å². The van der Waals surface area contributed by atoms with Crippen molar-refractivity contribution in [2.45, 2.75) is 43.5 Å². The van der Waals surface area contributed by atoms with Crippen LogP contribution in [-0.4, -0.2) is 27.1 Å². The average Bonchev–Trinajstić information content (AvgIpc) is 2.65. The van der Waals surface area contributed by atoms with Crippen molar-refractivity contribution < 1.29 is 4.79 Å². The Hall–Kier alpha value is -0.730. The summed E-state index contributed by atoms with van der Waals surface area (Å²) in [6.07, 6.45) is 0.597. The molecule has 4 heteroatoms. The van der Waals surface area contributed by atoms with Crippen LogP contribution in [0.2, 0.25) is 0 Å². The van der Waals surface area contributed by atoms with Gasteiger partial charge >= 0.3 is 0 Å². The molecule has 1 heterocycles. The first-order valence-corrected chi connectivity index (χ1v) is 7.75. The molecule has 0 aromatic heterocycles. The van der Waals surface area contributed by atoms with Gasteiger partial charge in [0.25, 0.3) is 0 Å². The van der Waals surface area contributed by atoms with Gasteiger partial charge in [0, 0.05) is 23.9 Å². The van der Waals surface area contributed by atoms with Crippen LogP contribution in [0, 0.1) is 5.92 Å². The molecule has 20 heavy (non-hydrogen) atoms. The third-order valence-corrected chi connectivity index (χ3v) is 5.11. The number of halogens is 2. The molecule has 1 aromatic carbocycles. The number of nitrogens with zero attached hydrogens (tertiary/aromatic N) is 1. The Morgan fingerprint density at radius 3 is 2.40 bits per heavy atom. The van der Waals surface area contributed by atoms with Crippen LogP contribution >= 0.6 is 23.2 Å². The van der Waals surface area contributed by atoms with Crippen LogP contribution in [0.25, 0.3) is 0 Å². The van der Waals surface area contributed by atoms with Gasteiger partial charge in [-0.25, -0.2) is 0 Å². The fourth-order valence-electron chi connectivity index (χ4n) is 2.96. The number of hydrogen-bond acceptors (Lipinski definition) is 1. The Morgan fingerprint density at radius 1 is 1.35 bits per heavy atom. The van der Waals surface area contributed by atoms with E-state index in [-0.39, 0.29) is 11.8 Å². The number of alkyl halides is 2. The molecule has 2 nitrogen and oxygen atoms in total. The first-order valence-electron chi connectivity index (χ1n) is 7.00. The molecular formula is C16H21Cl2NO. The summed E-state index contributed by atoms with van der Waals surface area (Å²) in [6, 6.07) is 9.97. The molecule has 1 fully saturated rings. The van der Waals surface area contributed by atoms with Crippen molar-refractivity contribution in [3.63, 3.8) is 0 Å². The molecule has 1 amide bonds. The van der Waals surface area contributed by atoms with Gasteiger partial charge in [0.15, 0.2) is 0 Å². The molecule has 0 spiro atoms. The zero-order chi connectivity index (χ0) is 15.0. The quantitative estimate of drug-likeness (QED) is 0.768. The summed E-state index contributed by atoms with van der Waals surface area (Å²) in [4.78, 5) is 13.1. The predicted molar refractivity (Wildman–Crippen MR) is 84.2 cm³/mol. The van der Waals surface area contributed by atoms with Gasteiger partial charge < -0.3 is 4.90 Å². The van der Waals surface area contributed by atoms with E-state index < -0.39 is 9.75 Å². The van der Waals surface area contributed by atoms with Gasteiger partial charge in [-0.1, -0.05) is 37.3 Å². The van der Waals surface area contributed by atoms with Crippen LogP contribution in [0.5, 0.6) is 0 Å². The van der Waals surface area contributed by atoms with Gasteiger partial charge in [-0.2, -0.15) is 0 Å². The van der Waals surface area contributed by atoms with Crippen LogP contribution in [0.3, 0.4) is 0 Å². The van der Waals surface area contributed by atoms with Crippen molar-refractivity contribution in [1.82, 2.24) is 4.90 Å². The second-order valence-corrected chi connectivity index (χ2v) is 7.65. The molecule has 110 valence electrons. The van der Waals surface area contributed by atoms with E-state index in [4.69, 9.17) is 23.2 Å². The molecule has 1 aliphatic heterocycles. The summed E-state index contributed by atoms with van der Waals surface area (Å²) in [7, 11) is 0. The lowest BCUT2D eigenvalue weighted by atomic mass is 9.83. The summed E-state index contributed by atoms with van der Waals surface area (Å²) in [6.45, 7) is 7.03. The fourth-order valence-corrected chi connectivity index (χ4v) is 3.73. The molecule has 2 atom stereocenters. The third kappa shape index (κ3) is 2.82. The highest BCUT2D eigenvalue weighted by molar-refractivity contribution is 6.37. The Labute approximate surface area is 131 Å². The van der Waals surface area contributed by atoms with Crippen molar-refractivity contribution in [1.29, 1.82) is 0 Å². The summed E-state index contributed by atoms with van der Waals surface area (Å²) in [5, 5.41) is 0. The number of rotatable bonds is 4. The van der Waals surface area contributed by atoms with Gasteiger partial charge in [0.05, 0.1) is 0 Å². The maximum Gasteiger partial charge on any atom is 0.244 e. The number of hydrogen-bond donors (Lipinski definition) is 0. The molecule has 0 radical (unpaired) electrons.